The zero-order valence-corrected chi connectivity index (χ0v) is 14.8. The number of alkyl halides is 3. The fourth-order valence-electron chi connectivity index (χ4n) is 3.69. The summed E-state index contributed by atoms with van der Waals surface area (Å²) in [6, 6.07) is 1.83. The topological polar surface area (TPSA) is 121 Å². The molecule has 1 aliphatic carbocycles. The summed E-state index contributed by atoms with van der Waals surface area (Å²) in [4.78, 5) is 19.5. The molecule has 9 nitrogen and oxygen atoms in total. The number of rotatable bonds is 3. The molecule has 4 heterocycles. The zero-order chi connectivity index (χ0) is 20.2. The molecule has 3 N–H and O–H groups in total. The summed E-state index contributed by atoms with van der Waals surface area (Å²) < 4.78 is 40.5. The molecule has 0 aliphatic heterocycles. The third-order valence-corrected chi connectivity index (χ3v) is 5.06. The molecule has 0 amide bonds. The first kappa shape index (κ1) is 17.8. The molecule has 0 radical (unpaired) electrons. The van der Waals surface area contributed by atoms with E-state index in [1.54, 1.807) is 10.6 Å². The number of hydrogen-bond donors (Lipinski definition) is 3. The summed E-state index contributed by atoms with van der Waals surface area (Å²) in [6.07, 6.45) is 1.92. The van der Waals surface area contributed by atoms with E-state index in [-0.39, 0.29) is 23.5 Å². The van der Waals surface area contributed by atoms with Crippen molar-refractivity contribution < 1.29 is 18.3 Å². The predicted molar refractivity (Wildman–Crippen MR) is 93.5 cm³/mol. The van der Waals surface area contributed by atoms with Gasteiger partial charge in [0.25, 0.3) is 0 Å². The molecule has 4 aromatic heterocycles. The van der Waals surface area contributed by atoms with Crippen molar-refractivity contribution in [1.82, 2.24) is 39.5 Å². The Kier molecular flexibility index (Phi) is 3.91. The maximum atomic E-state index is 12.9. The number of nitrogens with zero attached hydrogens (tertiary/aromatic N) is 6. The minimum Gasteiger partial charge on any atom is -0.393 e. The van der Waals surface area contributed by atoms with Gasteiger partial charge in [-0.25, -0.2) is 19.9 Å². The lowest BCUT2D eigenvalue weighted by Crippen LogP contribution is -2.07. The highest BCUT2D eigenvalue weighted by molar-refractivity contribution is 5.76. The Balaban J connectivity index is 1.66. The maximum Gasteiger partial charge on any atom is 0.451 e. The van der Waals surface area contributed by atoms with Gasteiger partial charge in [0.05, 0.1) is 24.3 Å². The van der Waals surface area contributed by atoms with Crippen molar-refractivity contribution in [2.45, 2.75) is 37.5 Å². The Morgan fingerprint density at radius 2 is 2.03 bits per heavy atom. The largest absolute Gasteiger partial charge is 0.451 e. The van der Waals surface area contributed by atoms with Gasteiger partial charge in [-0.3, -0.25) is 9.50 Å². The Morgan fingerprint density at radius 1 is 1.17 bits per heavy atom. The molecule has 1 aliphatic rings. The monoisotopic (exact) mass is 404 g/mol. The number of aromatic amines is 2. The molecule has 2 unspecified atom stereocenters. The van der Waals surface area contributed by atoms with Gasteiger partial charge in [-0.1, -0.05) is 0 Å². The van der Waals surface area contributed by atoms with Gasteiger partial charge in [0.2, 0.25) is 17.4 Å². The van der Waals surface area contributed by atoms with Crippen molar-refractivity contribution in [3.8, 4) is 22.9 Å². The number of halogens is 3. The summed E-state index contributed by atoms with van der Waals surface area (Å²) in [5.74, 6) is -0.966. The third-order valence-electron chi connectivity index (χ3n) is 5.06. The second-order valence-electron chi connectivity index (χ2n) is 6.97. The molecule has 150 valence electrons. The van der Waals surface area contributed by atoms with Gasteiger partial charge in [-0.2, -0.15) is 18.3 Å². The molecule has 12 heteroatoms. The van der Waals surface area contributed by atoms with E-state index in [4.69, 9.17) is 0 Å². The number of nitrogens with one attached hydrogen (secondary N) is 2. The lowest BCUT2D eigenvalue weighted by atomic mass is 10.0. The van der Waals surface area contributed by atoms with Gasteiger partial charge in [0.1, 0.15) is 11.4 Å². The number of H-pyrrole nitrogens is 2. The first-order valence-electron chi connectivity index (χ1n) is 8.96. The normalized spacial score (nSPS) is 20.0. The highest BCUT2D eigenvalue weighted by Crippen LogP contribution is 2.35. The Morgan fingerprint density at radius 3 is 2.69 bits per heavy atom. The first-order chi connectivity index (χ1) is 13.9. The van der Waals surface area contributed by atoms with Crippen LogP contribution in [0.4, 0.5) is 13.2 Å². The summed E-state index contributed by atoms with van der Waals surface area (Å²) in [7, 11) is 0. The Labute approximate surface area is 161 Å². The zero-order valence-electron chi connectivity index (χ0n) is 14.8. The van der Waals surface area contributed by atoms with Crippen molar-refractivity contribution in [3.05, 3.63) is 36.3 Å². The van der Waals surface area contributed by atoms with Gasteiger partial charge in [-0.05, 0) is 25.3 Å². The molecule has 0 spiro atoms. The summed E-state index contributed by atoms with van der Waals surface area (Å²) in [6.45, 7) is 0. The van der Waals surface area contributed by atoms with Crippen LogP contribution in [-0.2, 0) is 6.18 Å². The second-order valence-corrected chi connectivity index (χ2v) is 6.97. The number of fused-ring (bicyclic) bond motifs is 1. The first-order valence-corrected chi connectivity index (χ1v) is 8.96. The average molecular weight is 404 g/mol. The fraction of sp³-hybridized carbons (Fsp3) is 0.353. The molecule has 4 aromatic rings. The number of imidazole rings is 2. The minimum atomic E-state index is -4.65. The molecule has 0 aromatic carbocycles. The van der Waals surface area contributed by atoms with E-state index >= 15 is 0 Å². The number of hydrogen-bond acceptors (Lipinski definition) is 6. The van der Waals surface area contributed by atoms with Crippen molar-refractivity contribution in [2.24, 2.45) is 0 Å². The van der Waals surface area contributed by atoms with Crippen LogP contribution in [0.15, 0.2) is 24.8 Å². The maximum absolute atomic E-state index is 12.9. The Bertz CT molecular complexity index is 1160. The van der Waals surface area contributed by atoms with Crippen LogP contribution in [0.25, 0.3) is 28.7 Å². The van der Waals surface area contributed by atoms with Crippen molar-refractivity contribution in [1.29, 1.82) is 0 Å². The van der Waals surface area contributed by atoms with Crippen LogP contribution in [0.2, 0.25) is 0 Å². The van der Waals surface area contributed by atoms with Crippen LogP contribution < -0.4 is 0 Å². The van der Waals surface area contributed by atoms with E-state index in [1.807, 2.05) is 11.2 Å². The standard InChI is InChI=1S/C17H15F3N8O/c18-17(19,20)15-25-14(26-27-15)12-13(11-6-21-7-22-11)28-4-3-10(23-16(28)24-12)8-1-2-9(29)5-8/h3-4,6-9,29H,1-2,5H2,(H,21,22)(H,25,26,27). The molecule has 1 fully saturated rings. The number of aromatic nitrogens is 8. The lowest BCUT2D eigenvalue weighted by molar-refractivity contribution is -0.144. The second kappa shape index (κ2) is 6.37. The highest BCUT2D eigenvalue weighted by atomic mass is 19.4. The molecular formula is C17H15F3N8O. The van der Waals surface area contributed by atoms with Crippen molar-refractivity contribution in [2.75, 3.05) is 0 Å². The summed E-state index contributed by atoms with van der Waals surface area (Å²) in [5, 5.41) is 15.4. The molecule has 29 heavy (non-hydrogen) atoms. The predicted octanol–water partition coefficient (Wildman–Crippen LogP) is 2.55. The molecule has 0 saturated heterocycles. The molecular weight excluding hydrogens is 389 g/mol. The average Bonchev–Trinajstić information content (AvgIpc) is 3.44. The van der Waals surface area contributed by atoms with Gasteiger partial charge >= 0.3 is 6.18 Å². The molecule has 5 rings (SSSR count). The minimum absolute atomic E-state index is 0.117. The molecule has 2 atom stereocenters. The van der Waals surface area contributed by atoms with Crippen LogP contribution in [0.3, 0.4) is 0 Å². The molecule has 1 saturated carbocycles. The van der Waals surface area contributed by atoms with E-state index in [2.05, 4.69) is 30.0 Å². The van der Waals surface area contributed by atoms with Crippen molar-refractivity contribution >= 4 is 5.78 Å². The van der Waals surface area contributed by atoms with Crippen LogP contribution >= 0.6 is 0 Å². The van der Waals surface area contributed by atoms with Gasteiger partial charge < -0.3 is 10.1 Å². The van der Waals surface area contributed by atoms with Crippen molar-refractivity contribution in [3.63, 3.8) is 0 Å². The van der Waals surface area contributed by atoms with Crippen LogP contribution in [-0.4, -0.2) is 50.7 Å². The van der Waals surface area contributed by atoms with E-state index < -0.39 is 12.0 Å². The van der Waals surface area contributed by atoms with Crippen LogP contribution in [0.5, 0.6) is 0 Å². The lowest BCUT2D eigenvalue weighted by Gasteiger charge is -2.09. The quantitative estimate of drug-likeness (QED) is 0.483. The van der Waals surface area contributed by atoms with Gasteiger partial charge in [-0.15, -0.1) is 0 Å². The van der Waals surface area contributed by atoms with E-state index in [1.165, 1.54) is 12.5 Å². The van der Waals surface area contributed by atoms with E-state index in [0.29, 0.717) is 30.0 Å². The SMILES string of the molecule is OC1CCC(c2ccn3c(-c4cnc[nH]4)c(-c4n[nH]c(C(F)(F)F)n4)nc3n2)C1. The highest BCUT2D eigenvalue weighted by Gasteiger charge is 2.36. The summed E-state index contributed by atoms with van der Waals surface area (Å²) >= 11 is 0. The van der Waals surface area contributed by atoms with E-state index in [0.717, 1.165) is 12.1 Å². The number of aliphatic hydroxyl groups excluding tert-OH is 1. The van der Waals surface area contributed by atoms with Crippen LogP contribution in [0, 0.1) is 0 Å². The van der Waals surface area contributed by atoms with E-state index in [9.17, 15) is 18.3 Å². The van der Waals surface area contributed by atoms with Gasteiger partial charge in [0, 0.05) is 17.8 Å². The third kappa shape index (κ3) is 3.05. The van der Waals surface area contributed by atoms with Gasteiger partial charge in [0.15, 0.2) is 0 Å². The van der Waals surface area contributed by atoms with Crippen LogP contribution in [0.1, 0.15) is 36.7 Å². The fourth-order valence-corrected chi connectivity index (χ4v) is 3.69. The summed E-state index contributed by atoms with van der Waals surface area (Å²) in [5.41, 5.74) is 1.93. The number of aliphatic hydroxyl groups is 1. The Hall–Kier alpha value is -3.28. The smallest absolute Gasteiger partial charge is 0.393 e. The molecule has 0 bridgehead atoms.